The fraction of sp³-hybridized carbons (Fsp3) is 0.409. The molecule has 1 N–H and O–H groups in total. The SMILES string of the molecule is CC1CCN(CCCNC(=O)c2ccc(-c3ccccc3)cc2)CC1. The molecule has 0 atom stereocenters. The normalized spacial score (nSPS) is 15.9. The van der Waals surface area contributed by atoms with Gasteiger partial charge in [-0.15, -0.1) is 0 Å². The number of hydrogen-bond donors (Lipinski definition) is 1. The van der Waals surface area contributed by atoms with Crippen molar-refractivity contribution in [2.45, 2.75) is 26.2 Å². The number of nitrogens with one attached hydrogen (secondary N) is 1. The summed E-state index contributed by atoms with van der Waals surface area (Å²) in [5.41, 5.74) is 3.04. The Morgan fingerprint density at radius 2 is 1.64 bits per heavy atom. The van der Waals surface area contributed by atoms with Crippen molar-refractivity contribution in [3.8, 4) is 11.1 Å². The van der Waals surface area contributed by atoms with Crippen molar-refractivity contribution >= 4 is 5.91 Å². The predicted octanol–water partition coefficient (Wildman–Crippen LogP) is 4.21. The van der Waals surface area contributed by atoms with E-state index in [0.717, 1.165) is 36.6 Å². The molecule has 25 heavy (non-hydrogen) atoms. The summed E-state index contributed by atoms with van der Waals surface area (Å²) in [6.45, 7) is 6.57. The summed E-state index contributed by atoms with van der Waals surface area (Å²) in [5.74, 6) is 0.890. The second-order valence-electron chi connectivity index (χ2n) is 7.08. The number of amides is 1. The Labute approximate surface area is 151 Å². The highest BCUT2D eigenvalue weighted by molar-refractivity contribution is 5.94. The van der Waals surface area contributed by atoms with Crippen LogP contribution in [0, 0.1) is 5.92 Å². The number of nitrogens with zero attached hydrogens (tertiary/aromatic N) is 1. The highest BCUT2D eigenvalue weighted by Gasteiger charge is 2.15. The summed E-state index contributed by atoms with van der Waals surface area (Å²) < 4.78 is 0. The first-order valence-corrected chi connectivity index (χ1v) is 9.38. The minimum absolute atomic E-state index is 0.0203. The predicted molar refractivity (Wildman–Crippen MR) is 104 cm³/mol. The first-order chi connectivity index (χ1) is 12.2. The lowest BCUT2D eigenvalue weighted by molar-refractivity contribution is 0.0950. The van der Waals surface area contributed by atoms with E-state index in [1.165, 1.54) is 31.5 Å². The molecule has 1 aliphatic heterocycles. The molecule has 0 radical (unpaired) electrons. The Bertz CT molecular complexity index is 658. The lowest BCUT2D eigenvalue weighted by Crippen LogP contribution is -2.35. The van der Waals surface area contributed by atoms with Crippen LogP contribution >= 0.6 is 0 Å². The molecule has 132 valence electrons. The van der Waals surface area contributed by atoms with Crippen LogP contribution in [-0.2, 0) is 0 Å². The molecule has 3 heteroatoms. The average Bonchev–Trinajstić information content (AvgIpc) is 2.67. The lowest BCUT2D eigenvalue weighted by Gasteiger charge is -2.30. The quantitative estimate of drug-likeness (QED) is 0.802. The van der Waals surface area contributed by atoms with Crippen LogP contribution in [0.4, 0.5) is 0 Å². The van der Waals surface area contributed by atoms with E-state index in [0.29, 0.717) is 0 Å². The Kier molecular flexibility index (Phi) is 6.24. The first-order valence-electron chi connectivity index (χ1n) is 9.38. The Balaban J connectivity index is 1.42. The minimum atomic E-state index is 0.0203. The molecule has 0 unspecified atom stereocenters. The maximum Gasteiger partial charge on any atom is 0.251 e. The zero-order valence-electron chi connectivity index (χ0n) is 15.1. The molecule has 1 fully saturated rings. The topological polar surface area (TPSA) is 32.3 Å². The molecule has 0 saturated carbocycles. The number of likely N-dealkylation sites (tertiary alicyclic amines) is 1. The first kappa shape index (κ1) is 17.7. The van der Waals surface area contributed by atoms with Crippen LogP contribution in [0.2, 0.25) is 0 Å². The average molecular weight is 336 g/mol. The van der Waals surface area contributed by atoms with Crippen molar-refractivity contribution < 1.29 is 4.79 Å². The maximum absolute atomic E-state index is 12.3. The van der Waals surface area contributed by atoms with E-state index in [2.05, 4.69) is 29.3 Å². The molecule has 0 aliphatic carbocycles. The third-order valence-electron chi connectivity index (χ3n) is 5.07. The number of hydrogen-bond acceptors (Lipinski definition) is 2. The molecule has 3 rings (SSSR count). The van der Waals surface area contributed by atoms with Gasteiger partial charge in [-0.3, -0.25) is 4.79 Å². The van der Waals surface area contributed by atoms with Crippen molar-refractivity contribution in [1.29, 1.82) is 0 Å². The summed E-state index contributed by atoms with van der Waals surface area (Å²) in [7, 11) is 0. The van der Waals surface area contributed by atoms with Crippen molar-refractivity contribution in [2.24, 2.45) is 5.92 Å². The van der Waals surface area contributed by atoms with Crippen LogP contribution in [0.3, 0.4) is 0 Å². The van der Waals surface area contributed by atoms with Gasteiger partial charge in [0.15, 0.2) is 0 Å². The van der Waals surface area contributed by atoms with Crippen molar-refractivity contribution in [1.82, 2.24) is 10.2 Å². The number of piperidine rings is 1. The summed E-state index contributed by atoms with van der Waals surface area (Å²) in [6, 6.07) is 18.1. The van der Waals surface area contributed by atoms with Gasteiger partial charge in [-0.2, -0.15) is 0 Å². The van der Waals surface area contributed by atoms with Crippen LogP contribution in [0.1, 0.15) is 36.5 Å². The number of carbonyl (C=O) groups is 1. The molecular formula is C22H28N2O. The van der Waals surface area contributed by atoms with Crippen LogP contribution in [-0.4, -0.2) is 37.0 Å². The number of rotatable bonds is 6. The second-order valence-corrected chi connectivity index (χ2v) is 7.08. The second kappa shape index (κ2) is 8.82. The molecule has 0 bridgehead atoms. The monoisotopic (exact) mass is 336 g/mol. The summed E-state index contributed by atoms with van der Waals surface area (Å²) >= 11 is 0. The van der Waals surface area contributed by atoms with Gasteiger partial charge in [0.05, 0.1) is 0 Å². The largest absolute Gasteiger partial charge is 0.352 e. The van der Waals surface area contributed by atoms with Gasteiger partial charge in [0.25, 0.3) is 5.91 Å². The van der Waals surface area contributed by atoms with E-state index in [-0.39, 0.29) is 5.91 Å². The third-order valence-corrected chi connectivity index (χ3v) is 5.07. The molecule has 2 aromatic carbocycles. The third kappa shape index (κ3) is 5.17. The molecule has 1 aliphatic rings. The Morgan fingerprint density at radius 1 is 1.00 bits per heavy atom. The zero-order chi connectivity index (χ0) is 17.5. The van der Waals surface area contributed by atoms with Crippen molar-refractivity contribution in [2.75, 3.05) is 26.2 Å². The van der Waals surface area contributed by atoms with Crippen LogP contribution in [0.5, 0.6) is 0 Å². The van der Waals surface area contributed by atoms with Gasteiger partial charge in [0, 0.05) is 12.1 Å². The zero-order valence-corrected chi connectivity index (χ0v) is 15.1. The van der Waals surface area contributed by atoms with Crippen molar-refractivity contribution in [3.05, 3.63) is 60.2 Å². The van der Waals surface area contributed by atoms with E-state index in [1.54, 1.807) is 0 Å². The highest BCUT2D eigenvalue weighted by Crippen LogP contribution is 2.19. The van der Waals surface area contributed by atoms with E-state index in [1.807, 2.05) is 42.5 Å². The van der Waals surface area contributed by atoms with Gasteiger partial charge in [0.2, 0.25) is 0 Å². The molecule has 3 nitrogen and oxygen atoms in total. The molecule has 1 amide bonds. The standard InChI is InChI=1S/C22H28N2O/c1-18-12-16-24(17-13-18)15-5-14-23-22(25)21-10-8-20(9-11-21)19-6-3-2-4-7-19/h2-4,6-11,18H,5,12-17H2,1H3,(H,23,25). The van der Waals surface area contributed by atoms with E-state index >= 15 is 0 Å². The number of benzene rings is 2. The van der Waals surface area contributed by atoms with Gasteiger partial charge in [-0.05, 0) is 68.1 Å². The maximum atomic E-state index is 12.3. The van der Waals surface area contributed by atoms with Crippen LogP contribution in [0.25, 0.3) is 11.1 Å². The van der Waals surface area contributed by atoms with Gasteiger partial charge in [-0.25, -0.2) is 0 Å². The van der Waals surface area contributed by atoms with Gasteiger partial charge in [-0.1, -0.05) is 49.4 Å². The van der Waals surface area contributed by atoms with Crippen LogP contribution in [0.15, 0.2) is 54.6 Å². The minimum Gasteiger partial charge on any atom is -0.352 e. The summed E-state index contributed by atoms with van der Waals surface area (Å²) in [4.78, 5) is 14.8. The molecule has 1 heterocycles. The summed E-state index contributed by atoms with van der Waals surface area (Å²) in [6.07, 6.45) is 3.63. The molecule has 1 saturated heterocycles. The number of carbonyl (C=O) groups excluding carboxylic acids is 1. The molecule has 0 spiro atoms. The fourth-order valence-corrected chi connectivity index (χ4v) is 3.34. The van der Waals surface area contributed by atoms with Crippen molar-refractivity contribution in [3.63, 3.8) is 0 Å². The summed E-state index contributed by atoms with van der Waals surface area (Å²) in [5, 5.41) is 3.04. The Morgan fingerprint density at radius 3 is 2.32 bits per heavy atom. The van der Waals surface area contributed by atoms with Gasteiger partial charge in [0.1, 0.15) is 0 Å². The van der Waals surface area contributed by atoms with Crippen LogP contribution < -0.4 is 5.32 Å². The van der Waals surface area contributed by atoms with E-state index < -0.39 is 0 Å². The highest BCUT2D eigenvalue weighted by atomic mass is 16.1. The fourth-order valence-electron chi connectivity index (χ4n) is 3.34. The molecular weight excluding hydrogens is 308 g/mol. The Hall–Kier alpha value is -2.13. The smallest absolute Gasteiger partial charge is 0.251 e. The van der Waals surface area contributed by atoms with E-state index in [9.17, 15) is 4.79 Å². The lowest BCUT2D eigenvalue weighted by atomic mass is 9.99. The van der Waals surface area contributed by atoms with Gasteiger partial charge >= 0.3 is 0 Å². The van der Waals surface area contributed by atoms with Gasteiger partial charge < -0.3 is 10.2 Å². The molecule has 2 aromatic rings. The molecule has 0 aromatic heterocycles. The van der Waals surface area contributed by atoms with E-state index in [4.69, 9.17) is 0 Å².